The fourth-order valence-corrected chi connectivity index (χ4v) is 1.38. The lowest BCUT2D eigenvalue weighted by atomic mass is 9.79. The molecule has 1 aromatic heterocycles. The first-order valence-electron chi connectivity index (χ1n) is 4.40. The van der Waals surface area contributed by atoms with E-state index in [0.717, 1.165) is 0 Å². The quantitative estimate of drug-likeness (QED) is 0.631. The van der Waals surface area contributed by atoms with Crippen LogP contribution in [0.4, 0.5) is 0 Å². The molecule has 15 heavy (non-hydrogen) atoms. The van der Waals surface area contributed by atoms with Gasteiger partial charge in [-0.05, 0) is 17.6 Å². The molecule has 1 aromatic carbocycles. The normalized spacial score (nSPS) is 10.5. The van der Waals surface area contributed by atoms with Gasteiger partial charge in [0, 0.05) is 7.11 Å². The second-order valence-corrected chi connectivity index (χ2v) is 3.10. The zero-order valence-electron chi connectivity index (χ0n) is 8.10. The molecule has 0 aliphatic rings. The summed E-state index contributed by atoms with van der Waals surface area (Å²) in [6.07, 6.45) is 1.33. The monoisotopic (exact) mass is 204 g/mol. The van der Waals surface area contributed by atoms with Gasteiger partial charge in [0.05, 0.1) is 17.2 Å². The standard InChI is InChI=1S/C9H9BN2O3/c1-15-10(14)6-2-3-7-8(4-6)11-5-12-9(7)13/h2-5,14H,1H3,(H,11,12,13). The average molecular weight is 204 g/mol. The fraction of sp³-hybridized carbons (Fsp3) is 0.111. The van der Waals surface area contributed by atoms with Gasteiger partial charge in [0.25, 0.3) is 5.56 Å². The lowest BCUT2D eigenvalue weighted by Gasteiger charge is -2.04. The molecular weight excluding hydrogens is 195 g/mol. The van der Waals surface area contributed by atoms with Crippen LogP contribution in [-0.4, -0.2) is 29.2 Å². The Morgan fingerprint density at radius 2 is 2.33 bits per heavy atom. The summed E-state index contributed by atoms with van der Waals surface area (Å²) in [5.41, 5.74) is 0.911. The number of H-pyrrole nitrogens is 1. The van der Waals surface area contributed by atoms with Crippen molar-refractivity contribution in [2.45, 2.75) is 0 Å². The molecular formula is C9H9BN2O3. The Morgan fingerprint density at radius 3 is 3.07 bits per heavy atom. The Labute approximate surface area is 85.9 Å². The van der Waals surface area contributed by atoms with Crippen LogP contribution in [0.3, 0.4) is 0 Å². The summed E-state index contributed by atoms with van der Waals surface area (Å²) in [7, 11) is 0.413. The molecule has 0 aliphatic carbocycles. The Bertz CT molecular complexity index is 540. The van der Waals surface area contributed by atoms with Crippen molar-refractivity contribution < 1.29 is 9.68 Å². The van der Waals surface area contributed by atoms with Crippen molar-refractivity contribution >= 4 is 23.5 Å². The van der Waals surface area contributed by atoms with E-state index in [9.17, 15) is 9.82 Å². The second kappa shape index (κ2) is 3.84. The van der Waals surface area contributed by atoms with Crippen LogP contribution in [0.2, 0.25) is 0 Å². The molecule has 0 unspecified atom stereocenters. The molecule has 2 N–H and O–H groups in total. The molecule has 0 radical (unpaired) electrons. The van der Waals surface area contributed by atoms with Crippen LogP contribution in [0.1, 0.15) is 0 Å². The molecule has 0 saturated heterocycles. The van der Waals surface area contributed by atoms with E-state index in [1.807, 2.05) is 0 Å². The second-order valence-electron chi connectivity index (χ2n) is 3.10. The van der Waals surface area contributed by atoms with Crippen molar-refractivity contribution in [3.05, 3.63) is 34.9 Å². The van der Waals surface area contributed by atoms with Crippen molar-refractivity contribution in [1.82, 2.24) is 9.97 Å². The van der Waals surface area contributed by atoms with Crippen molar-refractivity contribution in [3.63, 3.8) is 0 Å². The van der Waals surface area contributed by atoms with E-state index in [1.54, 1.807) is 18.2 Å². The van der Waals surface area contributed by atoms with Crippen LogP contribution in [0.25, 0.3) is 10.9 Å². The lowest BCUT2D eigenvalue weighted by Crippen LogP contribution is -2.32. The molecule has 5 nitrogen and oxygen atoms in total. The number of rotatable bonds is 2. The summed E-state index contributed by atoms with van der Waals surface area (Å²) in [5.74, 6) is 0. The molecule has 0 atom stereocenters. The minimum atomic E-state index is -0.990. The van der Waals surface area contributed by atoms with E-state index in [1.165, 1.54) is 13.4 Å². The first-order valence-corrected chi connectivity index (χ1v) is 4.40. The highest BCUT2D eigenvalue weighted by molar-refractivity contribution is 6.60. The molecule has 76 valence electrons. The van der Waals surface area contributed by atoms with Gasteiger partial charge in [-0.2, -0.15) is 0 Å². The van der Waals surface area contributed by atoms with E-state index >= 15 is 0 Å². The largest absolute Gasteiger partial charge is 0.491 e. The first-order chi connectivity index (χ1) is 7.22. The number of aromatic nitrogens is 2. The van der Waals surface area contributed by atoms with Crippen LogP contribution in [0, 0.1) is 0 Å². The molecule has 2 aromatic rings. The summed E-state index contributed by atoms with van der Waals surface area (Å²) in [4.78, 5) is 17.8. The summed E-state index contributed by atoms with van der Waals surface area (Å²) in [6.45, 7) is 0. The number of hydrogen-bond acceptors (Lipinski definition) is 4. The zero-order chi connectivity index (χ0) is 10.8. The Balaban J connectivity index is 2.62. The van der Waals surface area contributed by atoms with E-state index in [4.69, 9.17) is 4.65 Å². The summed E-state index contributed by atoms with van der Waals surface area (Å²) >= 11 is 0. The van der Waals surface area contributed by atoms with E-state index in [-0.39, 0.29) is 5.56 Å². The topological polar surface area (TPSA) is 75.2 Å². The van der Waals surface area contributed by atoms with Gasteiger partial charge >= 0.3 is 7.12 Å². The molecule has 0 saturated carbocycles. The van der Waals surface area contributed by atoms with Gasteiger partial charge in [-0.1, -0.05) is 6.07 Å². The third-order valence-corrected chi connectivity index (χ3v) is 2.17. The maximum atomic E-state index is 11.3. The zero-order valence-corrected chi connectivity index (χ0v) is 8.10. The third kappa shape index (κ3) is 1.77. The van der Waals surface area contributed by atoms with Gasteiger partial charge < -0.3 is 14.7 Å². The smallest absolute Gasteiger partial charge is 0.423 e. The predicted octanol–water partition coefficient (Wildman–Crippen LogP) is -0.743. The molecule has 0 amide bonds. The molecule has 2 rings (SSSR count). The molecule has 0 spiro atoms. The average Bonchev–Trinajstić information content (AvgIpc) is 2.28. The maximum Gasteiger partial charge on any atom is 0.491 e. The van der Waals surface area contributed by atoms with Crippen molar-refractivity contribution in [3.8, 4) is 0 Å². The molecule has 6 heteroatoms. The number of nitrogens with zero attached hydrogens (tertiary/aromatic N) is 1. The molecule has 1 heterocycles. The first kappa shape index (κ1) is 9.88. The number of aromatic amines is 1. The van der Waals surface area contributed by atoms with Gasteiger partial charge in [-0.15, -0.1) is 0 Å². The number of hydrogen-bond donors (Lipinski definition) is 2. The molecule has 0 fully saturated rings. The predicted molar refractivity (Wildman–Crippen MR) is 57.0 cm³/mol. The number of nitrogens with one attached hydrogen (secondary N) is 1. The van der Waals surface area contributed by atoms with Gasteiger partial charge in [0.2, 0.25) is 0 Å². The Morgan fingerprint density at radius 1 is 1.53 bits per heavy atom. The van der Waals surface area contributed by atoms with Gasteiger partial charge in [-0.3, -0.25) is 4.79 Å². The highest BCUT2D eigenvalue weighted by Crippen LogP contribution is 2.02. The molecule has 0 aliphatic heterocycles. The number of benzene rings is 1. The van der Waals surface area contributed by atoms with E-state index in [0.29, 0.717) is 16.4 Å². The van der Waals surface area contributed by atoms with E-state index in [2.05, 4.69) is 9.97 Å². The summed E-state index contributed by atoms with van der Waals surface area (Å²) in [5, 5.41) is 9.91. The minimum Gasteiger partial charge on any atom is -0.423 e. The van der Waals surface area contributed by atoms with Crippen molar-refractivity contribution in [2.24, 2.45) is 0 Å². The van der Waals surface area contributed by atoms with Gasteiger partial charge in [0.15, 0.2) is 0 Å². The molecule has 0 bridgehead atoms. The lowest BCUT2D eigenvalue weighted by molar-refractivity contribution is 0.341. The summed E-state index contributed by atoms with van der Waals surface area (Å²) in [6, 6.07) is 4.87. The van der Waals surface area contributed by atoms with Crippen LogP contribution in [0.15, 0.2) is 29.3 Å². The number of fused-ring (bicyclic) bond motifs is 1. The van der Waals surface area contributed by atoms with Crippen molar-refractivity contribution in [2.75, 3.05) is 7.11 Å². The highest BCUT2D eigenvalue weighted by atomic mass is 16.5. The van der Waals surface area contributed by atoms with Crippen LogP contribution in [0.5, 0.6) is 0 Å². The SMILES string of the molecule is COB(O)c1ccc2c(=O)[nH]cnc2c1. The van der Waals surface area contributed by atoms with E-state index < -0.39 is 7.12 Å². The summed E-state index contributed by atoms with van der Waals surface area (Å²) < 4.78 is 4.76. The maximum absolute atomic E-state index is 11.3. The van der Waals surface area contributed by atoms with Crippen molar-refractivity contribution in [1.29, 1.82) is 0 Å². The fourth-order valence-electron chi connectivity index (χ4n) is 1.38. The van der Waals surface area contributed by atoms with Crippen LogP contribution < -0.4 is 11.0 Å². The minimum absolute atomic E-state index is 0.196. The van der Waals surface area contributed by atoms with Crippen LogP contribution in [-0.2, 0) is 4.65 Å². The van der Waals surface area contributed by atoms with Gasteiger partial charge in [-0.25, -0.2) is 4.98 Å². The van der Waals surface area contributed by atoms with Crippen LogP contribution >= 0.6 is 0 Å². The highest BCUT2D eigenvalue weighted by Gasteiger charge is 2.14. The van der Waals surface area contributed by atoms with Gasteiger partial charge in [0.1, 0.15) is 0 Å². The third-order valence-electron chi connectivity index (χ3n) is 2.17. The Kier molecular flexibility index (Phi) is 2.53. The Hall–Kier alpha value is -1.66.